The van der Waals surface area contributed by atoms with Crippen LogP contribution in [-0.2, 0) is 0 Å². The standard InChI is InChI=1S/C42H27ClN6/c43-36-26-34(25-35(27-36)42-48-39(30-18-9-3-10-19-30)45-40(49-42)31-20-11-4-12-21-31)32-22-13-23-33(24-32)41-46-37(28-14-5-1-6-15-28)44-38(47-41)29-16-7-2-8-17-29/h1-27H. The Bertz CT molecular complexity index is 2270. The lowest BCUT2D eigenvalue weighted by Crippen LogP contribution is -2.00. The minimum absolute atomic E-state index is 0.532. The molecule has 0 N–H and O–H groups in total. The summed E-state index contributed by atoms with van der Waals surface area (Å²) in [5, 5.41) is 0.568. The summed E-state index contributed by atoms with van der Waals surface area (Å²) in [5.41, 5.74) is 7.14. The van der Waals surface area contributed by atoms with Crippen LogP contribution in [0.15, 0.2) is 164 Å². The molecule has 6 aromatic carbocycles. The van der Waals surface area contributed by atoms with E-state index in [2.05, 4.69) is 18.2 Å². The molecule has 0 amide bonds. The van der Waals surface area contributed by atoms with Crippen molar-refractivity contribution in [3.63, 3.8) is 0 Å². The maximum Gasteiger partial charge on any atom is 0.164 e. The van der Waals surface area contributed by atoms with Crippen LogP contribution < -0.4 is 0 Å². The monoisotopic (exact) mass is 650 g/mol. The molecule has 2 aromatic heterocycles. The Labute approximate surface area is 288 Å². The number of hydrogen-bond acceptors (Lipinski definition) is 6. The minimum Gasteiger partial charge on any atom is -0.208 e. The molecule has 0 saturated heterocycles. The summed E-state index contributed by atoms with van der Waals surface area (Å²) >= 11 is 6.79. The molecule has 8 aromatic rings. The lowest BCUT2D eigenvalue weighted by atomic mass is 10.00. The molecule has 0 aliphatic carbocycles. The quantitative estimate of drug-likeness (QED) is 0.171. The molecule has 232 valence electrons. The first kappa shape index (κ1) is 30.0. The third-order valence-corrected chi connectivity index (χ3v) is 8.23. The maximum atomic E-state index is 6.79. The van der Waals surface area contributed by atoms with E-state index in [1.54, 1.807) is 0 Å². The van der Waals surface area contributed by atoms with Crippen molar-refractivity contribution in [1.29, 1.82) is 0 Å². The molecule has 0 radical (unpaired) electrons. The van der Waals surface area contributed by atoms with Crippen molar-refractivity contribution in [2.45, 2.75) is 0 Å². The second kappa shape index (κ2) is 13.4. The molecule has 7 heteroatoms. The first-order chi connectivity index (χ1) is 24.2. The van der Waals surface area contributed by atoms with Crippen molar-refractivity contribution in [2.75, 3.05) is 0 Å². The summed E-state index contributed by atoms with van der Waals surface area (Å²) in [6, 6.07) is 53.8. The number of hydrogen-bond donors (Lipinski definition) is 0. The fourth-order valence-electron chi connectivity index (χ4n) is 5.60. The van der Waals surface area contributed by atoms with Crippen molar-refractivity contribution < 1.29 is 0 Å². The molecule has 2 heterocycles. The van der Waals surface area contributed by atoms with Crippen LogP contribution in [0.2, 0.25) is 5.02 Å². The van der Waals surface area contributed by atoms with E-state index in [-0.39, 0.29) is 0 Å². The molecular formula is C42H27ClN6. The SMILES string of the molecule is Clc1cc(-c2cccc(-c3nc(-c4ccccc4)nc(-c4ccccc4)n3)c2)cc(-c2nc(-c3ccccc3)nc(-c3ccccc3)n2)c1. The highest BCUT2D eigenvalue weighted by atomic mass is 35.5. The van der Waals surface area contributed by atoms with Gasteiger partial charge in [-0.3, -0.25) is 0 Å². The predicted octanol–water partition coefficient (Wildman–Crippen LogP) is 10.4. The summed E-state index contributed by atoms with van der Waals surface area (Å²) in [6.45, 7) is 0. The van der Waals surface area contributed by atoms with Gasteiger partial charge >= 0.3 is 0 Å². The van der Waals surface area contributed by atoms with Crippen LogP contribution in [0.4, 0.5) is 0 Å². The highest BCUT2D eigenvalue weighted by Gasteiger charge is 2.16. The average molecular weight is 651 g/mol. The number of aromatic nitrogens is 6. The van der Waals surface area contributed by atoms with E-state index in [1.165, 1.54) is 0 Å². The molecule has 8 rings (SSSR count). The second-order valence-electron chi connectivity index (χ2n) is 11.4. The highest BCUT2D eigenvalue weighted by molar-refractivity contribution is 6.31. The van der Waals surface area contributed by atoms with Gasteiger partial charge in [0.05, 0.1) is 0 Å². The molecule has 49 heavy (non-hydrogen) atoms. The maximum absolute atomic E-state index is 6.79. The van der Waals surface area contributed by atoms with Crippen molar-refractivity contribution in [2.24, 2.45) is 0 Å². The Morgan fingerprint density at radius 2 is 0.531 bits per heavy atom. The van der Waals surface area contributed by atoms with Crippen molar-refractivity contribution in [3.8, 4) is 79.5 Å². The molecule has 0 aliphatic heterocycles. The second-order valence-corrected chi connectivity index (χ2v) is 11.8. The smallest absolute Gasteiger partial charge is 0.164 e. The molecule has 0 fully saturated rings. The normalized spacial score (nSPS) is 11.0. The van der Waals surface area contributed by atoms with E-state index in [9.17, 15) is 0 Å². The largest absolute Gasteiger partial charge is 0.208 e. The molecule has 0 saturated carbocycles. The fraction of sp³-hybridized carbons (Fsp3) is 0. The van der Waals surface area contributed by atoms with Crippen LogP contribution >= 0.6 is 11.6 Å². The Morgan fingerprint density at radius 1 is 0.245 bits per heavy atom. The first-order valence-electron chi connectivity index (χ1n) is 15.8. The van der Waals surface area contributed by atoms with Gasteiger partial charge in [0.2, 0.25) is 0 Å². The third kappa shape index (κ3) is 6.59. The number of benzene rings is 6. The summed E-state index contributed by atoms with van der Waals surface area (Å²) in [6.07, 6.45) is 0. The van der Waals surface area contributed by atoms with E-state index in [0.29, 0.717) is 40.0 Å². The summed E-state index contributed by atoms with van der Waals surface area (Å²) in [7, 11) is 0. The fourth-order valence-corrected chi connectivity index (χ4v) is 5.83. The lowest BCUT2D eigenvalue weighted by molar-refractivity contribution is 1.07. The topological polar surface area (TPSA) is 77.3 Å². The van der Waals surface area contributed by atoms with Crippen molar-refractivity contribution >= 4 is 11.6 Å². The number of nitrogens with zero attached hydrogens (tertiary/aromatic N) is 6. The summed E-state index contributed by atoms with van der Waals surface area (Å²) < 4.78 is 0. The first-order valence-corrected chi connectivity index (χ1v) is 16.2. The van der Waals surface area contributed by atoms with E-state index in [1.807, 2.05) is 146 Å². The van der Waals surface area contributed by atoms with Gasteiger partial charge in [0.25, 0.3) is 0 Å². The van der Waals surface area contributed by atoms with E-state index < -0.39 is 0 Å². The van der Waals surface area contributed by atoms with Crippen LogP contribution in [0, 0.1) is 0 Å². The zero-order chi connectivity index (χ0) is 33.0. The average Bonchev–Trinajstić information content (AvgIpc) is 3.19. The zero-order valence-corrected chi connectivity index (χ0v) is 26.9. The molecular weight excluding hydrogens is 624 g/mol. The van der Waals surface area contributed by atoms with Crippen LogP contribution in [0.1, 0.15) is 0 Å². The van der Waals surface area contributed by atoms with Crippen LogP contribution in [0.3, 0.4) is 0 Å². The van der Waals surface area contributed by atoms with Crippen molar-refractivity contribution in [3.05, 3.63) is 169 Å². The molecule has 0 aliphatic rings. The molecule has 0 atom stereocenters. The Hall–Kier alpha value is -6.37. The minimum atomic E-state index is 0.532. The van der Waals surface area contributed by atoms with Gasteiger partial charge in [0, 0.05) is 38.4 Å². The van der Waals surface area contributed by atoms with Gasteiger partial charge in [-0.05, 0) is 35.4 Å². The highest BCUT2D eigenvalue weighted by Crippen LogP contribution is 2.33. The molecule has 6 nitrogen and oxygen atoms in total. The zero-order valence-electron chi connectivity index (χ0n) is 26.1. The molecule has 0 spiro atoms. The van der Waals surface area contributed by atoms with Crippen LogP contribution in [0.5, 0.6) is 0 Å². The van der Waals surface area contributed by atoms with Gasteiger partial charge in [0.15, 0.2) is 34.9 Å². The third-order valence-electron chi connectivity index (χ3n) is 8.01. The molecule has 0 unspecified atom stereocenters. The van der Waals surface area contributed by atoms with Gasteiger partial charge in [0.1, 0.15) is 0 Å². The Kier molecular flexibility index (Phi) is 8.20. The predicted molar refractivity (Wildman–Crippen MR) is 196 cm³/mol. The van der Waals surface area contributed by atoms with Gasteiger partial charge in [-0.25, -0.2) is 29.9 Å². The summed E-state index contributed by atoms with van der Waals surface area (Å²) in [5.74, 6) is 3.51. The Morgan fingerprint density at radius 3 is 0.939 bits per heavy atom. The number of halogens is 1. The van der Waals surface area contributed by atoms with Gasteiger partial charge in [-0.2, -0.15) is 0 Å². The van der Waals surface area contributed by atoms with E-state index in [0.717, 1.165) is 44.5 Å². The molecule has 0 bridgehead atoms. The van der Waals surface area contributed by atoms with Crippen molar-refractivity contribution in [1.82, 2.24) is 29.9 Å². The van der Waals surface area contributed by atoms with Gasteiger partial charge in [-0.15, -0.1) is 0 Å². The van der Waals surface area contributed by atoms with Gasteiger partial charge in [-0.1, -0.05) is 151 Å². The number of rotatable bonds is 7. The van der Waals surface area contributed by atoms with E-state index >= 15 is 0 Å². The van der Waals surface area contributed by atoms with Crippen LogP contribution in [-0.4, -0.2) is 29.9 Å². The van der Waals surface area contributed by atoms with E-state index in [4.69, 9.17) is 41.5 Å². The summed E-state index contributed by atoms with van der Waals surface area (Å²) in [4.78, 5) is 29.3. The van der Waals surface area contributed by atoms with Gasteiger partial charge < -0.3 is 0 Å². The Balaban J connectivity index is 1.23. The van der Waals surface area contributed by atoms with Crippen LogP contribution in [0.25, 0.3) is 79.5 Å². The lowest BCUT2D eigenvalue weighted by Gasteiger charge is -2.11.